The number of rotatable bonds is 4. The van der Waals surface area contributed by atoms with Crippen molar-refractivity contribution in [2.24, 2.45) is 19.2 Å². The zero-order valence-electron chi connectivity index (χ0n) is 15.3. The Hall–Kier alpha value is -3.95. The number of hydrogen-bond donors (Lipinski definition) is 2. The van der Waals surface area contributed by atoms with Crippen molar-refractivity contribution in [2.45, 2.75) is 0 Å². The molecule has 0 atom stereocenters. The molecule has 1 aromatic carbocycles. The Bertz CT molecular complexity index is 1260. The van der Waals surface area contributed by atoms with Gasteiger partial charge in [-0.15, -0.1) is 0 Å². The quantitative estimate of drug-likeness (QED) is 0.472. The molecule has 1 amide bonds. The SMILES string of the molecule is COc1ccc(/C=N\NC(=O)c2cc(=O)[nH]c3c2c(=O)n(C)c(=O)n3C)cc1. The molecular formula is C18H17N5O5. The maximum absolute atomic E-state index is 12.5. The van der Waals surface area contributed by atoms with Crippen LogP contribution in [-0.4, -0.2) is 33.3 Å². The minimum absolute atomic E-state index is 0.0371. The molecule has 0 aliphatic rings. The molecule has 3 aromatic rings. The van der Waals surface area contributed by atoms with Gasteiger partial charge in [0.05, 0.1) is 24.3 Å². The van der Waals surface area contributed by atoms with E-state index in [2.05, 4.69) is 15.5 Å². The van der Waals surface area contributed by atoms with Crippen LogP contribution >= 0.6 is 0 Å². The Morgan fingerprint density at radius 3 is 2.46 bits per heavy atom. The summed E-state index contributed by atoms with van der Waals surface area (Å²) in [6.07, 6.45) is 1.40. The summed E-state index contributed by atoms with van der Waals surface area (Å²) in [4.78, 5) is 51.4. The van der Waals surface area contributed by atoms with E-state index in [0.717, 1.165) is 15.2 Å². The lowest BCUT2D eigenvalue weighted by atomic mass is 10.1. The molecule has 0 saturated carbocycles. The highest BCUT2D eigenvalue weighted by Crippen LogP contribution is 2.10. The summed E-state index contributed by atoms with van der Waals surface area (Å²) < 4.78 is 7.01. The molecule has 0 spiro atoms. The third-order valence-electron chi connectivity index (χ3n) is 4.19. The minimum atomic E-state index is -0.753. The number of pyridine rings is 1. The molecule has 0 saturated heterocycles. The lowest BCUT2D eigenvalue weighted by Gasteiger charge is -2.09. The third-order valence-corrected chi connectivity index (χ3v) is 4.19. The molecular weight excluding hydrogens is 366 g/mol. The molecule has 0 radical (unpaired) electrons. The lowest BCUT2D eigenvalue weighted by Crippen LogP contribution is -2.39. The number of hydrogen-bond acceptors (Lipinski definition) is 6. The number of carbonyl (C=O) groups excluding carboxylic acids is 1. The summed E-state index contributed by atoms with van der Waals surface area (Å²) in [5, 5.41) is 3.76. The second-order valence-corrected chi connectivity index (χ2v) is 5.95. The van der Waals surface area contributed by atoms with Crippen molar-refractivity contribution < 1.29 is 9.53 Å². The van der Waals surface area contributed by atoms with E-state index in [1.807, 2.05) is 0 Å². The van der Waals surface area contributed by atoms with Crippen molar-refractivity contribution in [2.75, 3.05) is 7.11 Å². The number of amides is 1. The van der Waals surface area contributed by atoms with Crippen LogP contribution in [0.25, 0.3) is 11.0 Å². The van der Waals surface area contributed by atoms with Crippen molar-refractivity contribution in [3.8, 4) is 5.75 Å². The van der Waals surface area contributed by atoms with Crippen LogP contribution in [0.1, 0.15) is 15.9 Å². The number of carbonyl (C=O) groups is 1. The standard InChI is InChI=1S/C18H17N5O5/c1-22-15-14(17(26)23(2)18(22)27)12(8-13(24)20-15)16(25)21-19-9-10-4-6-11(28-3)7-5-10/h4-9H,1-3H3,(H,20,24)(H,21,25)/b19-9-. The van der Waals surface area contributed by atoms with Gasteiger partial charge in [0.2, 0.25) is 5.56 Å². The van der Waals surface area contributed by atoms with Gasteiger partial charge in [-0.3, -0.25) is 23.5 Å². The first-order valence-corrected chi connectivity index (χ1v) is 8.14. The number of nitrogens with one attached hydrogen (secondary N) is 2. The van der Waals surface area contributed by atoms with Crippen molar-refractivity contribution in [3.63, 3.8) is 0 Å². The number of methoxy groups -OCH3 is 1. The van der Waals surface area contributed by atoms with Crippen LogP contribution in [0, 0.1) is 0 Å². The first kappa shape index (κ1) is 18.8. The number of benzene rings is 1. The van der Waals surface area contributed by atoms with E-state index < -0.39 is 22.7 Å². The van der Waals surface area contributed by atoms with Gasteiger partial charge in [0.15, 0.2) is 0 Å². The van der Waals surface area contributed by atoms with Crippen molar-refractivity contribution >= 4 is 23.2 Å². The van der Waals surface area contributed by atoms with Crippen LogP contribution in [0.4, 0.5) is 0 Å². The van der Waals surface area contributed by atoms with Crippen LogP contribution in [0.3, 0.4) is 0 Å². The number of ether oxygens (including phenoxy) is 1. The number of nitrogens with zero attached hydrogens (tertiary/aromatic N) is 3. The predicted octanol–water partition coefficient (Wildman–Crippen LogP) is -0.302. The molecule has 2 aromatic heterocycles. The van der Waals surface area contributed by atoms with E-state index in [9.17, 15) is 19.2 Å². The molecule has 0 aliphatic heterocycles. The molecule has 10 heteroatoms. The van der Waals surface area contributed by atoms with Crippen molar-refractivity contribution in [3.05, 3.63) is 72.7 Å². The fourth-order valence-electron chi connectivity index (χ4n) is 2.68. The van der Waals surface area contributed by atoms with Gasteiger partial charge in [0.25, 0.3) is 11.5 Å². The van der Waals surface area contributed by atoms with Gasteiger partial charge in [0.1, 0.15) is 11.4 Å². The third kappa shape index (κ3) is 3.34. The molecule has 10 nitrogen and oxygen atoms in total. The lowest BCUT2D eigenvalue weighted by molar-refractivity contribution is 0.0956. The molecule has 0 unspecified atom stereocenters. The molecule has 28 heavy (non-hydrogen) atoms. The molecule has 3 rings (SSSR count). The largest absolute Gasteiger partial charge is 0.497 e. The first-order chi connectivity index (χ1) is 13.3. The highest BCUT2D eigenvalue weighted by molar-refractivity contribution is 6.05. The maximum Gasteiger partial charge on any atom is 0.332 e. The number of H-pyrrole nitrogens is 1. The molecule has 2 heterocycles. The second kappa shape index (κ2) is 7.35. The fraction of sp³-hybridized carbons (Fsp3) is 0.167. The van der Waals surface area contributed by atoms with Crippen LogP contribution in [0.2, 0.25) is 0 Å². The highest BCUT2D eigenvalue weighted by Gasteiger charge is 2.18. The van der Waals surface area contributed by atoms with E-state index >= 15 is 0 Å². The first-order valence-electron chi connectivity index (χ1n) is 8.14. The highest BCUT2D eigenvalue weighted by atomic mass is 16.5. The normalized spacial score (nSPS) is 11.1. The molecule has 0 bridgehead atoms. The number of hydrazone groups is 1. The van der Waals surface area contributed by atoms with E-state index in [-0.39, 0.29) is 16.6 Å². The summed E-state index contributed by atoms with van der Waals surface area (Å²) in [5.74, 6) is -0.0748. The Balaban J connectivity index is 1.99. The predicted molar refractivity (Wildman–Crippen MR) is 103 cm³/mol. The smallest absolute Gasteiger partial charge is 0.332 e. The number of aryl methyl sites for hydroxylation is 1. The van der Waals surface area contributed by atoms with Crippen LogP contribution < -0.4 is 27.0 Å². The Labute approximate surface area is 157 Å². The second-order valence-electron chi connectivity index (χ2n) is 5.95. The van der Waals surface area contributed by atoms with E-state index in [4.69, 9.17) is 4.74 Å². The van der Waals surface area contributed by atoms with Gasteiger partial charge in [-0.05, 0) is 29.8 Å². The average Bonchev–Trinajstić information content (AvgIpc) is 2.70. The molecule has 0 fully saturated rings. The monoisotopic (exact) mass is 383 g/mol. The van der Waals surface area contributed by atoms with Gasteiger partial charge in [-0.25, -0.2) is 10.2 Å². The van der Waals surface area contributed by atoms with Crippen LogP contribution in [0.15, 0.2) is 49.8 Å². The van der Waals surface area contributed by atoms with E-state index in [0.29, 0.717) is 11.3 Å². The number of aromatic nitrogens is 3. The zero-order chi connectivity index (χ0) is 20.4. The summed E-state index contributed by atoms with van der Waals surface area (Å²) in [6.45, 7) is 0. The van der Waals surface area contributed by atoms with E-state index in [1.54, 1.807) is 31.4 Å². The summed E-state index contributed by atoms with van der Waals surface area (Å²) in [5.41, 5.74) is 0.832. The summed E-state index contributed by atoms with van der Waals surface area (Å²) in [6, 6.07) is 7.94. The van der Waals surface area contributed by atoms with Gasteiger partial charge in [-0.1, -0.05) is 0 Å². The summed E-state index contributed by atoms with van der Waals surface area (Å²) >= 11 is 0. The minimum Gasteiger partial charge on any atom is -0.497 e. The van der Waals surface area contributed by atoms with E-state index in [1.165, 1.54) is 20.3 Å². The molecule has 0 aliphatic carbocycles. The average molecular weight is 383 g/mol. The van der Waals surface area contributed by atoms with Crippen molar-refractivity contribution in [1.82, 2.24) is 19.5 Å². The maximum atomic E-state index is 12.5. The Morgan fingerprint density at radius 1 is 1.14 bits per heavy atom. The molecule has 144 valence electrons. The summed E-state index contributed by atoms with van der Waals surface area (Å²) in [7, 11) is 4.23. The van der Waals surface area contributed by atoms with Gasteiger partial charge >= 0.3 is 5.69 Å². The zero-order valence-corrected chi connectivity index (χ0v) is 15.3. The van der Waals surface area contributed by atoms with Crippen LogP contribution in [0.5, 0.6) is 5.75 Å². The van der Waals surface area contributed by atoms with Crippen molar-refractivity contribution in [1.29, 1.82) is 0 Å². The van der Waals surface area contributed by atoms with Gasteiger partial charge in [0, 0.05) is 20.2 Å². The number of fused-ring (bicyclic) bond motifs is 1. The number of aromatic amines is 1. The van der Waals surface area contributed by atoms with Gasteiger partial charge in [-0.2, -0.15) is 5.10 Å². The topological polar surface area (TPSA) is 128 Å². The molecule has 2 N–H and O–H groups in total. The van der Waals surface area contributed by atoms with Crippen LogP contribution in [-0.2, 0) is 14.1 Å². The Morgan fingerprint density at radius 2 is 1.82 bits per heavy atom. The fourth-order valence-corrected chi connectivity index (χ4v) is 2.68. The van der Waals surface area contributed by atoms with Gasteiger partial charge < -0.3 is 9.72 Å². The Kier molecular flexibility index (Phi) is 4.94.